The van der Waals surface area contributed by atoms with Gasteiger partial charge in [-0.3, -0.25) is 9.59 Å². The first-order valence-corrected chi connectivity index (χ1v) is 10.1. The molecule has 0 radical (unpaired) electrons. The van der Waals surface area contributed by atoms with Gasteiger partial charge in [-0.25, -0.2) is 4.98 Å². The van der Waals surface area contributed by atoms with Crippen molar-refractivity contribution >= 4 is 23.2 Å². The SMILES string of the molecule is CCC(C)C(=O)NCc1nnc2n1CCN(C(=O)c1sc(C)nc1C)CC2. The van der Waals surface area contributed by atoms with Crippen LogP contribution >= 0.6 is 11.3 Å². The highest BCUT2D eigenvalue weighted by Crippen LogP contribution is 2.20. The van der Waals surface area contributed by atoms with Crippen molar-refractivity contribution in [1.82, 2.24) is 30.0 Å². The summed E-state index contributed by atoms with van der Waals surface area (Å²) >= 11 is 1.44. The molecule has 0 saturated heterocycles. The molecule has 2 aromatic rings. The summed E-state index contributed by atoms with van der Waals surface area (Å²) in [6.45, 7) is 9.87. The summed E-state index contributed by atoms with van der Waals surface area (Å²) in [7, 11) is 0. The van der Waals surface area contributed by atoms with Crippen LogP contribution in [0.3, 0.4) is 0 Å². The molecule has 8 nitrogen and oxygen atoms in total. The molecule has 0 aromatic carbocycles. The van der Waals surface area contributed by atoms with Crippen LogP contribution in [0.1, 0.15) is 52.3 Å². The Hall–Kier alpha value is -2.29. The number of carbonyl (C=O) groups is 2. The van der Waals surface area contributed by atoms with E-state index < -0.39 is 0 Å². The highest BCUT2D eigenvalue weighted by Gasteiger charge is 2.25. The average Bonchev–Trinajstić information content (AvgIpc) is 3.12. The van der Waals surface area contributed by atoms with Crippen LogP contribution in [0.25, 0.3) is 0 Å². The Morgan fingerprint density at radius 1 is 1.22 bits per heavy atom. The first-order valence-electron chi connectivity index (χ1n) is 9.32. The van der Waals surface area contributed by atoms with Crippen LogP contribution in [-0.2, 0) is 24.3 Å². The van der Waals surface area contributed by atoms with Crippen molar-refractivity contribution in [2.24, 2.45) is 5.92 Å². The molecule has 0 bridgehead atoms. The molecular weight excluding hydrogens is 364 g/mol. The van der Waals surface area contributed by atoms with E-state index in [0.29, 0.717) is 37.5 Å². The van der Waals surface area contributed by atoms with Gasteiger partial charge >= 0.3 is 0 Å². The average molecular weight is 391 g/mol. The van der Waals surface area contributed by atoms with Gasteiger partial charge in [0.1, 0.15) is 10.7 Å². The fourth-order valence-electron chi connectivity index (χ4n) is 3.12. The zero-order valence-corrected chi connectivity index (χ0v) is 17.1. The number of carbonyl (C=O) groups excluding carboxylic acids is 2. The molecule has 0 spiro atoms. The fourth-order valence-corrected chi connectivity index (χ4v) is 4.00. The van der Waals surface area contributed by atoms with E-state index in [0.717, 1.165) is 28.8 Å². The Bertz CT molecular complexity index is 843. The summed E-state index contributed by atoms with van der Waals surface area (Å²) in [4.78, 5) is 31.8. The summed E-state index contributed by atoms with van der Waals surface area (Å²) in [6, 6.07) is 0. The molecule has 3 heterocycles. The number of nitrogens with one attached hydrogen (secondary N) is 1. The van der Waals surface area contributed by atoms with E-state index in [1.54, 1.807) is 0 Å². The molecule has 27 heavy (non-hydrogen) atoms. The van der Waals surface area contributed by atoms with Crippen molar-refractivity contribution < 1.29 is 9.59 Å². The molecule has 0 fully saturated rings. The van der Waals surface area contributed by atoms with Gasteiger partial charge in [-0.2, -0.15) is 0 Å². The first-order chi connectivity index (χ1) is 12.9. The standard InChI is InChI=1S/C18H26N6O2S/c1-5-11(2)17(25)19-10-15-22-21-14-6-7-23(8-9-24(14)15)18(26)16-12(3)20-13(4)27-16/h11H,5-10H2,1-4H3,(H,19,25). The Labute approximate surface area is 163 Å². The molecule has 2 aromatic heterocycles. The van der Waals surface area contributed by atoms with Crippen LogP contribution in [0.2, 0.25) is 0 Å². The Morgan fingerprint density at radius 3 is 2.67 bits per heavy atom. The molecule has 0 aliphatic carbocycles. The van der Waals surface area contributed by atoms with Crippen LogP contribution in [0, 0.1) is 19.8 Å². The number of amides is 2. The monoisotopic (exact) mass is 390 g/mol. The minimum atomic E-state index is -0.0178. The Balaban J connectivity index is 1.66. The summed E-state index contributed by atoms with van der Waals surface area (Å²) in [6.07, 6.45) is 1.45. The molecule has 1 aliphatic rings. The lowest BCUT2D eigenvalue weighted by atomic mass is 10.1. The Kier molecular flexibility index (Phi) is 5.88. The van der Waals surface area contributed by atoms with Crippen LogP contribution in [-0.4, -0.2) is 49.6 Å². The fraction of sp³-hybridized carbons (Fsp3) is 0.611. The second-order valence-corrected chi connectivity index (χ2v) is 8.10. The maximum atomic E-state index is 12.9. The predicted octanol–water partition coefficient (Wildman–Crippen LogP) is 1.71. The summed E-state index contributed by atoms with van der Waals surface area (Å²) in [5, 5.41) is 12.3. The quantitative estimate of drug-likeness (QED) is 0.839. The van der Waals surface area contributed by atoms with Gasteiger partial charge in [-0.15, -0.1) is 21.5 Å². The smallest absolute Gasteiger partial charge is 0.265 e. The van der Waals surface area contributed by atoms with Gasteiger partial charge in [-0.05, 0) is 20.3 Å². The molecule has 0 saturated carbocycles. The van der Waals surface area contributed by atoms with E-state index >= 15 is 0 Å². The molecule has 9 heteroatoms. The topological polar surface area (TPSA) is 93.0 Å². The number of hydrogen-bond acceptors (Lipinski definition) is 6. The zero-order chi connectivity index (χ0) is 19.6. The number of hydrogen-bond donors (Lipinski definition) is 1. The second kappa shape index (κ2) is 8.16. The predicted molar refractivity (Wildman–Crippen MR) is 103 cm³/mol. The van der Waals surface area contributed by atoms with Gasteiger partial charge in [0.2, 0.25) is 5.91 Å². The molecule has 1 N–H and O–H groups in total. The van der Waals surface area contributed by atoms with Crippen molar-refractivity contribution in [1.29, 1.82) is 0 Å². The summed E-state index contributed by atoms with van der Waals surface area (Å²) in [5.41, 5.74) is 0.791. The third kappa shape index (κ3) is 4.18. The van der Waals surface area contributed by atoms with E-state index in [-0.39, 0.29) is 17.7 Å². The number of aromatic nitrogens is 4. The van der Waals surface area contributed by atoms with E-state index in [4.69, 9.17) is 0 Å². The van der Waals surface area contributed by atoms with E-state index in [9.17, 15) is 9.59 Å². The molecule has 1 unspecified atom stereocenters. The molecule has 3 rings (SSSR count). The van der Waals surface area contributed by atoms with Crippen molar-refractivity contribution in [3.05, 3.63) is 27.2 Å². The minimum Gasteiger partial charge on any atom is -0.349 e. The first kappa shape index (κ1) is 19.5. The second-order valence-electron chi connectivity index (χ2n) is 6.90. The third-order valence-corrected chi connectivity index (χ3v) is 6.03. The van der Waals surface area contributed by atoms with Gasteiger partial charge in [0.25, 0.3) is 5.91 Å². The number of fused-ring (bicyclic) bond motifs is 1. The van der Waals surface area contributed by atoms with Crippen molar-refractivity contribution in [2.45, 2.75) is 53.6 Å². The van der Waals surface area contributed by atoms with Gasteiger partial charge in [0.15, 0.2) is 5.82 Å². The van der Waals surface area contributed by atoms with Gasteiger partial charge in [0.05, 0.1) is 17.2 Å². The lowest BCUT2D eigenvalue weighted by Crippen LogP contribution is -2.34. The van der Waals surface area contributed by atoms with Gasteiger partial charge < -0.3 is 14.8 Å². The van der Waals surface area contributed by atoms with Crippen LogP contribution in [0.4, 0.5) is 0 Å². The van der Waals surface area contributed by atoms with Crippen LogP contribution < -0.4 is 5.32 Å². The number of thiazole rings is 1. The normalized spacial score (nSPS) is 15.2. The van der Waals surface area contributed by atoms with E-state index in [2.05, 4.69) is 20.5 Å². The van der Waals surface area contributed by atoms with Gasteiger partial charge in [-0.1, -0.05) is 13.8 Å². The van der Waals surface area contributed by atoms with Crippen LogP contribution in [0.15, 0.2) is 0 Å². The highest BCUT2D eigenvalue weighted by atomic mass is 32.1. The molecule has 1 atom stereocenters. The number of nitrogens with zero attached hydrogens (tertiary/aromatic N) is 5. The van der Waals surface area contributed by atoms with Crippen LogP contribution in [0.5, 0.6) is 0 Å². The van der Waals surface area contributed by atoms with Crippen molar-refractivity contribution in [2.75, 3.05) is 13.1 Å². The molecule has 146 valence electrons. The molecule has 1 aliphatic heterocycles. The van der Waals surface area contributed by atoms with E-state index in [1.165, 1.54) is 11.3 Å². The Morgan fingerprint density at radius 2 is 2.00 bits per heavy atom. The molecule has 2 amide bonds. The summed E-state index contributed by atoms with van der Waals surface area (Å²) < 4.78 is 2.02. The zero-order valence-electron chi connectivity index (χ0n) is 16.3. The lowest BCUT2D eigenvalue weighted by Gasteiger charge is -2.19. The molecular formula is C18H26N6O2S. The number of rotatable bonds is 5. The van der Waals surface area contributed by atoms with E-state index in [1.807, 2.05) is 37.2 Å². The maximum Gasteiger partial charge on any atom is 0.265 e. The third-order valence-electron chi connectivity index (χ3n) is 4.97. The van der Waals surface area contributed by atoms with Crippen molar-refractivity contribution in [3.63, 3.8) is 0 Å². The number of aryl methyl sites for hydroxylation is 2. The van der Waals surface area contributed by atoms with Gasteiger partial charge in [0, 0.05) is 32.0 Å². The largest absolute Gasteiger partial charge is 0.349 e. The van der Waals surface area contributed by atoms with Crippen molar-refractivity contribution in [3.8, 4) is 0 Å². The highest BCUT2D eigenvalue weighted by molar-refractivity contribution is 7.13. The summed E-state index contributed by atoms with van der Waals surface area (Å²) in [5.74, 6) is 1.63. The maximum absolute atomic E-state index is 12.9. The lowest BCUT2D eigenvalue weighted by molar-refractivity contribution is -0.124. The minimum absolute atomic E-state index is 0.0178.